The molecular formula is C17H11Cl2NO2. The van der Waals surface area contributed by atoms with Gasteiger partial charge in [0.25, 0.3) is 0 Å². The van der Waals surface area contributed by atoms with Crippen LogP contribution >= 0.6 is 23.2 Å². The highest BCUT2D eigenvalue weighted by Crippen LogP contribution is 2.27. The lowest BCUT2D eigenvalue weighted by Crippen LogP contribution is -2.07. The summed E-state index contributed by atoms with van der Waals surface area (Å²) in [5, 5.41) is 1.49. The van der Waals surface area contributed by atoms with E-state index in [0.29, 0.717) is 32.3 Å². The summed E-state index contributed by atoms with van der Waals surface area (Å²) in [6, 6.07) is 10.5. The van der Waals surface area contributed by atoms with E-state index in [-0.39, 0.29) is 5.43 Å². The van der Waals surface area contributed by atoms with Gasteiger partial charge in [-0.1, -0.05) is 34.8 Å². The molecule has 5 heteroatoms. The molecule has 2 aromatic carbocycles. The van der Waals surface area contributed by atoms with Gasteiger partial charge in [-0.15, -0.1) is 0 Å². The third-order valence-electron chi connectivity index (χ3n) is 3.21. The summed E-state index contributed by atoms with van der Waals surface area (Å²) in [7, 11) is 0. The molecule has 0 aliphatic rings. The maximum Gasteiger partial charge on any atom is 0.201 e. The van der Waals surface area contributed by atoms with E-state index in [1.807, 2.05) is 13.0 Å². The molecule has 110 valence electrons. The Labute approximate surface area is 136 Å². The molecule has 0 unspecified atom stereocenters. The highest BCUT2D eigenvalue weighted by Gasteiger charge is 2.06. The Morgan fingerprint density at radius 3 is 2.73 bits per heavy atom. The van der Waals surface area contributed by atoms with Crippen molar-refractivity contribution in [2.45, 2.75) is 6.92 Å². The average molecular weight is 332 g/mol. The molecule has 3 nitrogen and oxygen atoms in total. The fraction of sp³-hybridized carbons (Fsp3) is 0.0588. The van der Waals surface area contributed by atoms with Crippen LogP contribution in [0.1, 0.15) is 11.1 Å². The molecule has 3 rings (SSSR count). The number of aryl methyl sites for hydroxylation is 1. The second kappa shape index (κ2) is 5.95. The topological polar surface area (TPSA) is 42.6 Å². The van der Waals surface area contributed by atoms with E-state index in [9.17, 15) is 4.79 Å². The van der Waals surface area contributed by atoms with Gasteiger partial charge in [-0.2, -0.15) is 0 Å². The zero-order chi connectivity index (χ0) is 15.7. The first-order chi connectivity index (χ1) is 10.5. The maximum atomic E-state index is 12.4. The van der Waals surface area contributed by atoms with E-state index in [0.717, 1.165) is 5.56 Å². The Morgan fingerprint density at radius 2 is 1.95 bits per heavy atom. The maximum absolute atomic E-state index is 12.4. The fourth-order valence-corrected chi connectivity index (χ4v) is 2.53. The SMILES string of the molecule is Cc1ccc2occ(C=Nc3ccc(Cl)cc3Cl)c(=O)c2c1. The summed E-state index contributed by atoms with van der Waals surface area (Å²) in [4.78, 5) is 16.7. The lowest BCUT2D eigenvalue weighted by Gasteiger charge is -2.00. The monoisotopic (exact) mass is 331 g/mol. The summed E-state index contributed by atoms with van der Waals surface area (Å²) in [5.41, 5.74) is 2.32. The molecule has 0 amide bonds. The number of hydrogen-bond acceptors (Lipinski definition) is 3. The van der Waals surface area contributed by atoms with E-state index in [2.05, 4.69) is 4.99 Å². The molecule has 22 heavy (non-hydrogen) atoms. The first-order valence-electron chi connectivity index (χ1n) is 6.56. The van der Waals surface area contributed by atoms with Crippen molar-refractivity contribution in [2.75, 3.05) is 0 Å². The van der Waals surface area contributed by atoms with Gasteiger partial charge < -0.3 is 4.42 Å². The van der Waals surface area contributed by atoms with Crippen LogP contribution in [0.4, 0.5) is 5.69 Å². The van der Waals surface area contributed by atoms with Crippen molar-refractivity contribution in [2.24, 2.45) is 4.99 Å². The minimum atomic E-state index is -0.126. The summed E-state index contributed by atoms with van der Waals surface area (Å²) < 4.78 is 5.47. The first kappa shape index (κ1) is 14.8. The van der Waals surface area contributed by atoms with E-state index in [4.69, 9.17) is 27.6 Å². The third-order valence-corrected chi connectivity index (χ3v) is 3.75. The number of halogens is 2. The number of benzene rings is 2. The minimum absolute atomic E-state index is 0.126. The van der Waals surface area contributed by atoms with Crippen molar-refractivity contribution in [1.82, 2.24) is 0 Å². The molecule has 0 radical (unpaired) electrons. The zero-order valence-corrected chi connectivity index (χ0v) is 13.2. The van der Waals surface area contributed by atoms with Crippen LogP contribution in [0.25, 0.3) is 11.0 Å². The van der Waals surface area contributed by atoms with Gasteiger partial charge in [0.1, 0.15) is 11.8 Å². The van der Waals surface area contributed by atoms with E-state index < -0.39 is 0 Å². The largest absolute Gasteiger partial charge is 0.463 e. The molecule has 0 aliphatic carbocycles. The molecule has 0 spiro atoms. The van der Waals surface area contributed by atoms with Crippen LogP contribution in [0.3, 0.4) is 0 Å². The Morgan fingerprint density at radius 1 is 1.14 bits per heavy atom. The van der Waals surface area contributed by atoms with Gasteiger partial charge in [-0.05, 0) is 37.3 Å². The van der Waals surface area contributed by atoms with Gasteiger partial charge >= 0.3 is 0 Å². The normalized spacial score (nSPS) is 11.4. The van der Waals surface area contributed by atoms with Crippen molar-refractivity contribution in [3.8, 4) is 0 Å². The predicted molar refractivity (Wildman–Crippen MR) is 90.9 cm³/mol. The second-order valence-corrected chi connectivity index (χ2v) is 5.72. The fourth-order valence-electron chi connectivity index (χ4n) is 2.07. The van der Waals surface area contributed by atoms with Crippen molar-refractivity contribution >= 4 is 46.1 Å². The predicted octanol–water partition coefficient (Wildman–Crippen LogP) is 5.16. The van der Waals surface area contributed by atoms with Crippen molar-refractivity contribution in [1.29, 1.82) is 0 Å². The first-order valence-corrected chi connectivity index (χ1v) is 7.31. The molecule has 0 saturated carbocycles. The van der Waals surface area contributed by atoms with Crippen LogP contribution in [0, 0.1) is 6.92 Å². The number of rotatable bonds is 2. The standard InChI is InChI=1S/C17H11Cl2NO2/c1-10-2-5-16-13(6-10)17(21)11(9-22-16)8-20-15-4-3-12(18)7-14(15)19/h2-9H,1H3. The number of hydrogen-bond donors (Lipinski definition) is 0. The Bertz CT molecular complexity index is 945. The van der Waals surface area contributed by atoms with Crippen LogP contribution in [-0.4, -0.2) is 6.21 Å². The third kappa shape index (κ3) is 2.91. The molecular weight excluding hydrogens is 321 g/mol. The van der Waals surface area contributed by atoms with Crippen LogP contribution in [0.15, 0.2) is 56.9 Å². The number of aliphatic imine (C=N–C) groups is 1. The zero-order valence-electron chi connectivity index (χ0n) is 11.6. The molecule has 0 bridgehead atoms. The summed E-state index contributed by atoms with van der Waals surface area (Å²) in [6.07, 6.45) is 2.84. The van der Waals surface area contributed by atoms with Crippen LogP contribution in [0.5, 0.6) is 0 Å². The number of nitrogens with zero attached hydrogens (tertiary/aromatic N) is 1. The second-order valence-electron chi connectivity index (χ2n) is 4.87. The molecule has 1 heterocycles. The quantitative estimate of drug-likeness (QED) is 0.608. The Kier molecular flexibility index (Phi) is 4.01. The van der Waals surface area contributed by atoms with Gasteiger partial charge in [0.05, 0.1) is 21.7 Å². The van der Waals surface area contributed by atoms with Crippen molar-refractivity contribution in [3.05, 3.63) is 74.1 Å². The molecule has 0 saturated heterocycles. The summed E-state index contributed by atoms with van der Waals surface area (Å²) in [5.74, 6) is 0. The van der Waals surface area contributed by atoms with Crippen molar-refractivity contribution < 1.29 is 4.42 Å². The van der Waals surface area contributed by atoms with E-state index in [1.54, 1.807) is 30.3 Å². The van der Waals surface area contributed by atoms with Gasteiger partial charge in [0, 0.05) is 11.2 Å². The molecule has 0 atom stereocenters. The Balaban J connectivity index is 2.05. The van der Waals surface area contributed by atoms with E-state index >= 15 is 0 Å². The molecule has 1 aromatic heterocycles. The smallest absolute Gasteiger partial charge is 0.201 e. The van der Waals surface area contributed by atoms with Crippen molar-refractivity contribution in [3.63, 3.8) is 0 Å². The lowest BCUT2D eigenvalue weighted by atomic mass is 10.1. The highest BCUT2D eigenvalue weighted by atomic mass is 35.5. The van der Waals surface area contributed by atoms with Crippen LogP contribution in [0.2, 0.25) is 10.0 Å². The molecule has 0 fully saturated rings. The summed E-state index contributed by atoms with van der Waals surface area (Å²) >= 11 is 11.9. The van der Waals surface area contributed by atoms with Gasteiger partial charge in [0.2, 0.25) is 5.43 Å². The summed E-state index contributed by atoms with van der Waals surface area (Å²) in [6.45, 7) is 1.92. The molecule has 0 N–H and O–H groups in total. The molecule has 0 aliphatic heterocycles. The van der Waals surface area contributed by atoms with Gasteiger partial charge in [-0.25, -0.2) is 0 Å². The highest BCUT2D eigenvalue weighted by molar-refractivity contribution is 6.36. The lowest BCUT2D eigenvalue weighted by molar-refractivity contribution is 0.601. The number of fused-ring (bicyclic) bond motifs is 1. The average Bonchev–Trinajstić information content (AvgIpc) is 2.49. The molecule has 3 aromatic rings. The van der Waals surface area contributed by atoms with Gasteiger partial charge in [0.15, 0.2) is 0 Å². The minimum Gasteiger partial charge on any atom is -0.463 e. The Hall–Kier alpha value is -2.10. The van der Waals surface area contributed by atoms with Crippen LogP contribution < -0.4 is 5.43 Å². The van der Waals surface area contributed by atoms with Crippen LogP contribution in [-0.2, 0) is 0 Å². The van der Waals surface area contributed by atoms with E-state index in [1.165, 1.54) is 12.5 Å². The van der Waals surface area contributed by atoms with Gasteiger partial charge in [-0.3, -0.25) is 9.79 Å².